The topological polar surface area (TPSA) is 88.2 Å². The van der Waals surface area contributed by atoms with Crippen molar-refractivity contribution in [3.8, 4) is 0 Å². The van der Waals surface area contributed by atoms with Crippen LogP contribution < -0.4 is 10.4 Å². The molecule has 0 aromatic heterocycles. The largest absolute Gasteiger partial charge is 0.446 e. The maximum atomic E-state index is 14.4. The number of hydrogen-bond acceptors (Lipinski definition) is 7. The number of rotatable bonds is 6. The molecule has 1 aromatic carbocycles. The summed E-state index contributed by atoms with van der Waals surface area (Å²) in [5.41, 5.74) is 4.34. The number of sulfone groups is 1. The van der Waals surface area contributed by atoms with Gasteiger partial charge in [0.1, 0.15) is 11.9 Å². The summed E-state index contributed by atoms with van der Waals surface area (Å²) >= 11 is 0. The summed E-state index contributed by atoms with van der Waals surface area (Å²) < 4.78 is 43.1. The number of piperidine rings is 1. The first-order chi connectivity index (χ1) is 15.3. The molecule has 10 heteroatoms. The van der Waals surface area contributed by atoms with Gasteiger partial charge < -0.3 is 14.5 Å². The van der Waals surface area contributed by atoms with E-state index >= 15 is 0 Å². The van der Waals surface area contributed by atoms with Crippen molar-refractivity contribution in [2.75, 3.05) is 37.3 Å². The minimum Gasteiger partial charge on any atom is -0.446 e. The van der Waals surface area contributed by atoms with Crippen molar-refractivity contribution in [3.05, 3.63) is 35.8 Å². The highest BCUT2D eigenvalue weighted by molar-refractivity contribution is 7.90. The average molecular weight is 468 g/mol. The third-order valence-corrected chi connectivity index (χ3v) is 7.38. The van der Waals surface area contributed by atoms with Crippen molar-refractivity contribution in [1.29, 1.82) is 0 Å². The molecule has 3 aliphatic rings. The van der Waals surface area contributed by atoms with E-state index < -0.39 is 15.7 Å². The summed E-state index contributed by atoms with van der Waals surface area (Å²) in [5, 5.41) is 0. The van der Waals surface area contributed by atoms with Crippen molar-refractivity contribution in [2.45, 2.75) is 55.6 Å². The summed E-state index contributed by atoms with van der Waals surface area (Å²) in [7, 11) is -3.44. The number of carbonyl (C=O) groups is 1. The number of anilines is 1. The van der Waals surface area contributed by atoms with E-state index in [4.69, 9.17) is 9.57 Å². The minimum absolute atomic E-state index is 0.0164. The number of amides is 1. The molecule has 1 aliphatic carbocycles. The van der Waals surface area contributed by atoms with Crippen LogP contribution in [0.25, 0.3) is 0 Å². The third-order valence-electron chi connectivity index (χ3n) is 6.27. The lowest BCUT2D eigenvalue weighted by molar-refractivity contribution is -0.0449. The number of carbonyl (C=O) groups excluding carboxylic acids is 1. The Morgan fingerprint density at radius 2 is 1.88 bits per heavy atom. The van der Waals surface area contributed by atoms with Gasteiger partial charge in [-0.15, -0.1) is 0 Å². The molecule has 1 saturated heterocycles. The Morgan fingerprint density at radius 1 is 1.12 bits per heavy atom. The average Bonchev–Trinajstić information content (AvgIpc) is 2.75. The number of likely N-dealkylation sites (tertiary alicyclic amines) is 1. The first kappa shape index (κ1) is 22.8. The number of nitrogens with zero attached hydrogens (tertiary/aromatic N) is 2. The Hall–Kier alpha value is -2.33. The molecule has 2 fully saturated rings. The van der Waals surface area contributed by atoms with Crippen molar-refractivity contribution >= 4 is 21.6 Å². The highest BCUT2D eigenvalue weighted by Gasteiger charge is 2.28. The normalized spacial score (nSPS) is 20.5. The molecule has 4 rings (SSSR count). The Labute approximate surface area is 188 Å². The van der Waals surface area contributed by atoms with E-state index in [-0.39, 0.29) is 23.2 Å². The van der Waals surface area contributed by atoms with Crippen molar-refractivity contribution in [3.63, 3.8) is 0 Å². The molecule has 8 nitrogen and oxygen atoms in total. The summed E-state index contributed by atoms with van der Waals surface area (Å²) in [6, 6.07) is 4.01. The maximum absolute atomic E-state index is 14.4. The van der Waals surface area contributed by atoms with Gasteiger partial charge in [-0.05, 0) is 56.4 Å². The summed E-state index contributed by atoms with van der Waals surface area (Å²) in [5.74, 6) is -0.545. The summed E-state index contributed by atoms with van der Waals surface area (Å²) in [6.07, 6.45) is 8.12. The van der Waals surface area contributed by atoms with Crippen LogP contribution in [-0.2, 0) is 19.4 Å². The zero-order valence-corrected chi connectivity index (χ0v) is 19.1. The second kappa shape index (κ2) is 9.66. The lowest BCUT2D eigenvalue weighted by atomic mass is 9.96. The van der Waals surface area contributed by atoms with Gasteiger partial charge >= 0.3 is 6.09 Å². The lowest BCUT2D eigenvalue weighted by Crippen LogP contribution is -2.44. The van der Waals surface area contributed by atoms with Crippen molar-refractivity contribution in [2.24, 2.45) is 0 Å². The van der Waals surface area contributed by atoms with Crippen LogP contribution in [0.4, 0.5) is 14.9 Å². The van der Waals surface area contributed by atoms with Gasteiger partial charge in [0.2, 0.25) is 0 Å². The Morgan fingerprint density at radius 3 is 2.44 bits per heavy atom. The molecule has 0 unspecified atom stereocenters. The van der Waals surface area contributed by atoms with Crippen LogP contribution in [0.3, 0.4) is 0 Å². The quantitative estimate of drug-likeness (QED) is 0.644. The van der Waals surface area contributed by atoms with Gasteiger partial charge in [-0.1, -0.05) is 0 Å². The number of nitrogens with one attached hydrogen (secondary N) is 1. The molecule has 1 N–H and O–H groups in total. The van der Waals surface area contributed by atoms with E-state index in [1.165, 1.54) is 12.1 Å². The number of hydrogen-bond donors (Lipinski definition) is 1. The van der Waals surface area contributed by atoms with Crippen molar-refractivity contribution in [1.82, 2.24) is 10.4 Å². The fraction of sp³-hybridized carbons (Fsp3) is 0.591. The SMILES string of the molecule is CS(=O)(=O)c1ccc(N2CC=C(NOC3CCN(C(=O)OC4CCC4)CC3)CC2)c(F)c1. The van der Waals surface area contributed by atoms with Gasteiger partial charge in [0, 0.05) is 44.6 Å². The van der Waals surface area contributed by atoms with Gasteiger partial charge in [-0.25, -0.2) is 17.6 Å². The fourth-order valence-corrected chi connectivity index (χ4v) is 4.61. The summed E-state index contributed by atoms with van der Waals surface area (Å²) in [6.45, 7) is 2.32. The van der Waals surface area contributed by atoms with Crippen LogP contribution in [0.1, 0.15) is 38.5 Å². The zero-order valence-electron chi connectivity index (χ0n) is 18.3. The number of hydroxylamine groups is 1. The Bertz CT molecular complexity index is 972. The first-order valence-corrected chi connectivity index (χ1v) is 13.0. The van der Waals surface area contributed by atoms with Crippen LogP contribution in [0, 0.1) is 5.82 Å². The third kappa shape index (κ3) is 5.53. The Balaban J connectivity index is 1.21. The van der Waals surface area contributed by atoms with E-state index in [9.17, 15) is 17.6 Å². The molecule has 32 heavy (non-hydrogen) atoms. The van der Waals surface area contributed by atoms with Crippen LogP contribution in [0.2, 0.25) is 0 Å². The minimum atomic E-state index is -3.44. The molecule has 1 saturated carbocycles. The number of benzene rings is 1. The molecule has 176 valence electrons. The van der Waals surface area contributed by atoms with E-state index in [0.29, 0.717) is 38.3 Å². The zero-order chi connectivity index (χ0) is 22.7. The molecular formula is C22H30FN3O5S. The fourth-order valence-electron chi connectivity index (χ4n) is 3.98. The molecule has 0 bridgehead atoms. The molecule has 1 aromatic rings. The molecule has 2 heterocycles. The van der Waals surface area contributed by atoms with E-state index in [2.05, 4.69) is 5.48 Å². The standard InChI is InChI=1S/C22H30FN3O5S/c1-32(28,29)19-5-6-21(20(23)15-19)25-11-7-16(8-12-25)24-31-18-9-13-26(14-10-18)22(27)30-17-3-2-4-17/h5-7,15,17-18,24H,2-4,8-14H2,1H3. The molecule has 0 radical (unpaired) electrons. The van der Waals surface area contributed by atoms with Crippen molar-refractivity contribution < 1.29 is 27.2 Å². The van der Waals surface area contributed by atoms with Gasteiger partial charge in [0.05, 0.1) is 16.7 Å². The van der Waals surface area contributed by atoms with Crippen LogP contribution in [0.15, 0.2) is 34.9 Å². The van der Waals surface area contributed by atoms with E-state index in [0.717, 1.165) is 50.1 Å². The highest BCUT2D eigenvalue weighted by atomic mass is 32.2. The lowest BCUT2D eigenvalue weighted by Gasteiger charge is -2.34. The second-order valence-corrected chi connectivity index (χ2v) is 10.7. The predicted molar refractivity (Wildman–Crippen MR) is 117 cm³/mol. The van der Waals surface area contributed by atoms with Crippen LogP contribution >= 0.6 is 0 Å². The summed E-state index contributed by atoms with van der Waals surface area (Å²) in [4.78, 5) is 21.5. The molecule has 1 amide bonds. The van der Waals surface area contributed by atoms with Gasteiger partial charge in [-0.3, -0.25) is 10.3 Å². The highest BCUT2D eigenvalue weighted by Crippen LogP contribution is 2.26. The van der Waals surface area contributed by atoms with Gasteiger partial charge in [0.25, 0.3) is 0 Å². The second-order valence-electron chi connectivity index (χ2n) is 8.65. The smallest absolute Gasteiger partial charge is 0.410 e. The number of ether oxygens (including phenoxy) is 1. The van der Waals surface area contributed by atoms with Crippen LogP contribution in [-0.4, -0.2) is 64.1 Å². The number of halogens is 1. The molecular weight excluding hydrogens is 437 g/mol. The van der Waals surface area contributed by atoms with E-state index in [1.807, 2.05) is 11.0 Å². The van der Waals surface area contributed by atoms with E-state index in [1.54, 1.807) is 4.90 Å². The van der Waals surface area contributed by atoms with Gasteiger partial charge in [-0.2, -0.15) is 0 Å². The molecule has 2 aliphatic heterocycles. The van der Waals surface area contributed by atoms with Crippen LogP contribution in [0.5, 0.6) is 0 Å². The Kier molecular flexibility index (Phi) is 6.90. The monoisotopic (exact) mass is 467 g/mol. The first-order valence-electron chi connectivity index (χ1n) is 11.1. The molecule has 0 atom stereocenters. The predicted octanol–water partition coefficient (Wildman–Crippen LogP) is 3.00. The molecule has 0 spiro atoms. The van der Waals surface area contributed by atoms with Gasteiger partial charge in [0.15, 0.2) is 9.84 Å². The maximum Gasteiger partial charge on any atom is 0.410 e.